The maximum absolute atomic E-state index is 12.0. The summed E-state index contributed by atoms with van der Waals surface area (Å²) < 4.78 is 26.3. The number of amides is 1. The second-order valence-electron chi connectivity index (χ2n) is 4.01. The predicted molar refractivity (Wildman–Crippen MR) is 76.7 cm³/mol. The molecular weight excluding hydrogens is 294 g/mol. The molecular formula is C13H17N3O4S. The van der Waals surface area contributed by atoms with Gasteiger partial charge < -0.3 is 10.4 Å². The zero-order chi connectivity index (χ0) is 15.7. The monoisotopic (exact) mass is 311 g/mol. The molecule has 21 heavy (non-hydrogen) atoms. The Morgan fingerprint density at radius 3 is 2.86 bits per heavy atom. The van der Waals surface area contributed by atoms with E-state index < -0.39 is 10.0 Å². The van der Waals surface area contributed by atoms with E-state index in [4.69, 9.17) is 5.11 Å². The molecule has 3 N–H and O–H groups in total. The molecule has 0 saturated heterocycles. The van der Waals surface area contributed by atoms with Crippen LogP contribution in [-0.4, -0.2) is 44.6 Å². The third kappa shape index (κ3) is 5.91. The number of aliphatic hydroxyl groups is 1. The molecule has 0 aliphatic rings. The van der Waals surface area contributed by atoms with Crippen molar-refractivity contribution in [3.63, 3.8) is 0 Å². The fraction of sp³-hybridized carbons (Fsp3) is 0.385. The van der Waals surface area contributed by atoms with Gasteiger partial charge in [0.1, 0.15) is 4.90 Å². The fourth-order valence-corrected chi connectivity index (χ4v) is 2.38. The lowest BCUT2D eigenvalue weighted by atomic mass is 10.3. The minimum Gasteiger partial charge on any atom is -0.395 e. The van der Waals surface area contributed by atoms with Gasteiger partial charge in [-0.05, 0) is 6.07 Å². The number of hydrogen-bond donors (Lipinski definition) is 3. The first-order valence-corrected chi connectivity index (χ1v) is 7.73. The van der Waals surface area contributed by atoms with E-state index in [2.05, 4.69) is 26.9 Å². The molecule has 7 nitrogen and oxygen atoms in total. The standard InChI is InChI=1S/C13H17N3O4S/c1-14-13(18)5-6-16-21(19,20)12-8-11(9-15-10-12)4-2-3-7-17/h8-10,16-17H,3,5-7H2,1H3,(H,14,18). The molecule has 0 bridgehead atoms. The highest BCUT2D eigenvalue weighted by Gasteiger charge is 2.14. The Bertz CT molecular complexity index is 647. The smallest absolute Gasteiger partial charge is 0.242 e. The van der Waals surface area contributed by atoms with E-state index in [0.29, 0.717) is 12.0 Å². The number of nitrogens with zero attached hydrogens (tertiary/aromatic N) is 1. The summed E-state index contributed by atoms with van der Waals surface area (Å²) in [5, 5.41) is 11.0. The summed E-state index contributed by atoms with van der Waals surface area (Å²) in [6, 6.07) is 1.39. The molecule has 1 heterocycles. The molecule has 114 valence electrons. The lowest BCUT2D eigenvalue weighted by Crippen LogP contribution is -2.29. The van der Waals surface area contributed by atoms with E-state index in [1.807, 2.05) is 0 Å². The van der Waals surface area contributed by atoms with Gasteiger partial charge in [-0.2, -0.15) is 0 Å². The Morgan fingerprint density at radius 1 is 1.43 bits per heavy atom. The average molecular weight is 311 g/mol. The molecule has 0 spiro atoms. The van der Waals surface area contributed by atoms with Crippen LogP contribution in [0.2, 0.25) is 0 Å². The molecule has 0 aromatic carbocycles. The van der Waals surface area contributed by atoms with E-state index in [-0.39, 0.29) is 30.4 Å². The maximum Gasteiger partial charge on any atom is 0.242 e. The Morgan fingerprint density at radius 2 is 2.19 bits per heavy atom. The summed E-state index contributed by atoms with van der Waals surface area (Å²) in [5.41, 5.74) is 0.442. The van der Waals surface area contributed by atoms with E-state index in [1.54, 1.807) is 0 Å². The summed E-state index contributed by atoms with van der Waals surface area (Å²) in [4.78, 5) is 14.8. The summed E-state index contributed by atoms with van der Waals surface area (Å²) in [5.74, 6) is 5.15. The van der Waals surface area contributed by atoms with Crippen molar-refractivity contribution in [3.8, 4) is 11.8 Å². The van der Waals surface area contributed by atoms with E-state index in [1.165, 1.54) is 25.5 Å². The number of carbonyl (C=O) groups excluding carboxylic acids is 1. The Labute approximate surface area is 123 Å². The molecule has 0 radical (unpaired) electrons. The van der Waals surface area contributed by atoms with Crippen molar-refractivity contribution in [3.05, 3.63) is 24.0 Å². The maximum atomic E-state index is 12.0. The van der Waals surface area contributed by atoms with E-state index in [0.717, 1.165) is 0 Å². The van der Waals surface area contributed by atoms with Crippen molar-refractivity contribution >= 4 is 15.9 Å². The van der Waals surface area contributed by atoms with Crippen LogP contribution in [0, 0.1) is 11.8 Å². The van der Waals surface area contributed by atoms with Crippen molar-refractivity contribution in [2.45, 2.75) is 17.7 Å². The second-order valence-corrected chi connectivity index (χ2v) is 5.77. The van der Waals surface area contributed by atoms with Crippen molar-refractivity contribution in [1.82, 2.24) is 15.0 Å². The molecule has 1 aromatic rings. The van der Waals surface area contributed by atoms with Crippen molar-refractivity contribution in [1.29, 1.82) is 0 Å². The number of hydrogen-bond acceptors (Lipinski definition) is 5. The van der Waals surface area contributed by atoms with Gasteiger partial charge in [-0.1, -0.05) is 11.8 Å². The highest BCUT2D eigenvalue weighted by Crippen LogP contribution is 2.08. The normalized spacial score (nSPS) is 10.6. The van der Waals surface area contributed by atoms with Gasteiger partial charge in [0.2, 0.25) is 15.9 Å². The van der Waals surface area contributed by atoms with Crippen LogP contribution < -0.4 is 10.0 Å². The fourth-order valence-electron chi connectivity index (χ4n) is 1.36. The van der Waals surface area contributed by atoms with Crippen molar-refractivity contribution in [2.75, 3.05) is 20.2 Å². The lowest BCUT2D eigenvalue weighted by Gasteiger charge is -2.06. The average Bonchev–Trinajstić information content (AvgIpc) is 2.47. The van der Waals surface area contributed by atoms with Gasteiger partial charge in [-0.3, -0.25) is 9.78 Å². The number of aromatic nitrogens is 1. The molecule has 0 fully saturated rings. The minimum absolute atomic E-state index is 0.00241. The molecule has 0 saturated carbocycles. The lowest BCUT2D eigenvalue weighted by molar-refractivity contribution is -0.120. The number of sulfonamides is 1. The highest BCUT2D eigenvalue weighted by molar-refractivity contribution is 7.89. The number of aliphatic hydroxyl groups excluding tert-OH is 1. The zero-order valence-corrected chi connectivity index (χ0v) is 12.4. The van der Waals surface area contributed by atoms with Gasteiger partial charge >= 0.3 is 0 Å². The summed E-state index contributed by atoms with van der Waals surface area (Å²) in [6.07, 6.45) is 3.01. The summed E-state index contributed by atoms with van der Waals surface area (Å²) in [6.45, 7) is -0.0537. The number of carbonyl (C=O) groups is 1. The Kier molecular flexibility index (Phi) is 6.81. The molecule has 1 aromatic heterocycles. The van der Waals surface area contributed by atoms with Gasteiger partial charge in [-0.25, -0.2) is 13.1 Å². The van der Waals surface area contributed by atoms with Crippen LogP contribution >= 0.6 is 0 Å². The summed E-state index contributed by atoms with van der Waals surface area (Å²) in [7, 11) is -2.25. The van der Waals surface area contributed by atoms with Crippen LogP contribution in [0.15, 0.2) is 23.4 Å². The number of pyridine rings is 1. The third-order valence-corrected chi connectivity index (χ3v) is 3.84. The molecule has 0 atom stereocenters. The Balaban J connectivity index is 2.77. The van der Waals surface area contributed by atoms with E-state index in [9.17, 15) is 13.2 Å². The van der Waals surface area contributed by atoms with Gasteiger partial charge in [0.25, 0.3) is 0 Å². The van der Waals surface area contributed by atoms with Gasteiger partial charge in [0, 0.05) is 44.4 Å². The first kappa shape index (κ1) is 17.1. The predicted octanol–water partition coefficient (Wildman–Crippen LogP) is -0.770. The van der Waals surface area contributed by atoms with E-state index >= 15 is 0 Å². The van der Waals surface area contributed by atoms with Crippen LogP contribution in [-0.2, 0) is 14.8 Å². The second kappa shape index (κ2) is 8.36. The summed E-state index contributed by atoms with van der Waals surface area (Å²) >= 11 is 0. The quantitative estimate of drug-likeness (QED) is 0.598. The van der Waals surface area contributed by atoms with Crippen LogP contribution in [0.25, 0.3) is 0 Å². The zero-order valence-electron chi connectivity index (χ0n) is 11.6. The van der Waals surface area contributed by atoms with Crippen molar-refractivity contribution < 1.29 is 18.3 Å². The molecule has 1 rings (SSSR count). The number of nitrogens with one attached hydrogen (secondary N) is 2. The first-order chi connectivity index (χ1) is 9.99. The SMILES string of the molecule is CNC(=O)CCNS(=O)(=O)c1cncc(C#CCCO)c1. The largest absolute Gasteiger partial charge is 0.395 e. The molecule has 8 heteroatoms. The van der Waals surface area contributed by atoms with Gasteiger partial charge in [0.15, 0.2) is 0 Å². The highest BCUT2D eigenvalue weighted by atomic mass is 32.2. The topological polar surface area (TPSA) is 108 Å². The molecule has 0 aliphatic heterocycles. The van der Waals surface area contributed by atoms with Crippen LogP contribution in [0.5, 0.6) is 0 Å². The molecule has 1 amide bonds. The van der Waals surface area contributed by atoms with Gasteiger partial charge in [-0.15, -0.1) is 0 Å². The molecule has 0 unspecified atom stereocenters. The van der Waals surface area contributed by atoms with Crippen LogP contribution in [0.1, 0.15) is 18.4 Å². The third-order valence-electron chi connectivity index (χ3n) is 2.42. The van der Waals surface area contributed by atoms with Crippen LogP contribution in [0.4, 0.5) is 0 Å². The number of rotatable bonds is 6. The van der Waals surface area contributed by atoms with Crippen molar-refractivity contribution in [2.24, 2.45) is 0 Å². The molecule has 0 aliphatic carbocycles. The minimum atomic E-state index is -3.73. The van der Waals surface area contributed by atoms with Gasteiger partial charge in [0.05, 0.1) is 6.61 Å². The van der Waals surface area contributed by atoms with Crippen LogP contribution in [0.3, 0.4) is 0 Å². The Hall–Kier alpha value is -1.95. The first-order valence-electron chi connectivity index (χ1n) is 6.24.